The van der Waals surface area contributed by atoms with Crippen molar-refractivity contribution in [1.82, 2.24) is 24.5 Å². The molecule has 4 rings (SSSR count). The number of nitrogens with zero attached hydrogens (tertiary/aromatic N) is 5. The molecule has 1 aromatic carbocycles. The zero-order valence-corrected chi connectivity index (χ0v) is 13.6. The van der Waals surface area contributed by atoms with Gasteiger partial charge in [-0.25, -0.2) is 9.67 Å². The van der Waals surface area contributed by atoms with E-state index < -0.39 is 0 Å². The van der Waals surface area contributed by atoms with Crippen molar-refractivity contribution in [3.8, 4) is 5.69 Å². The molecule has 120 valence electrons. The number of carbonyl (C=O) groups is 1. The number of hydrogen-bond acceptors (Lipinski definition) is 4. The number of Topliss-reactive ketones (excluding diaryl/α,β-unsaturated/α-hetero) is 1. The average molecular weight is 319 g/mol. The number of benzene rings is 1. The Hall–Kier alpha value is -3.02. The molecule has 0 amide bonds. The Morgan fingerprint density at radius 1 is 1.21 bits per heavy atom. The maximum Gasteiger partial charge on any atom is 0.192 e. The normalized spacial score (nSPS) is 15.8. The number of aromatic nitrogens is 5. The van der Waals surface area contributed by atoms with Gasteiger partial charge in [-0.05, 0) is 49.1 Å². The van der Waals surface area contributed by atoms with Gasteiger partial charge in [-0.15, -0.1) is 0 Å². The van der Waals surface area contributed by atoms with Crippen LogP contribution in [0.1, 0.15) is 33.6 Å². The third-order valence-corrected chi connectivity index (χ3v) is 4.46. The quantitative estimate of drug-likeness (QED) is 0.681. The van der Waals surface area contributed by atoms with Crippen LogP contribution in [0.4, 0.5) is 0 Å². The SMILES string of the molecule is Cc1cc(C=C2CCc3c(cnn3C)C2=O)ccc1-n1cncn1. The fraction of sp³-hybridized carbons (Fsp3) is 0.222. The molecule has 6 heteroatoms. The maximum absolute atomic E-state index is 12.6. The summed E-state index contributed by atoms with van der Waals surface area (Å²) >= 11 is 0. The molecule has 2 heterocycles. The molecule has 1 aliphatic rings. The van der Waals surface area contributed by atoms with Crippen molar-refractivity contribution < 1.29 is 4.79 Å². The molecule has 0 saturated carbocycles. The molecular weight excluding hydrogens is 302 g/mol. The second-order valence-corrected chi connectivity index (χ2v) is 6.01. The van der Waals surface area contributed by atoms with E-state index in [4.69, 9.17) is 0 Å². The lowest BCUT2D eigenvalue weighted by Crippen LogP contribution is -2.15. The fourth-order valence-electron chi connectivity index (χ4n) is 3.19. The lowest BCUT2D eigenvalue weighted by Gasteiger charge is -2.15. The molecule has 6 nitrogen and oxygen atoms in total. The third-order valence-electron chi connectivity index (χ3n) is 4.46. The first-order chi connectivity index (χ1) is 11.6. The highest BCUT2D eigenvalue weighted by atomic mass is 16.1. The van der Waals surface area contributed by atoms with Gasteiger partial charge in [0.05, 0.1) is 17.4 Å². The number of carbonyl (C=O) groups excluding carboxylic acids is 1. The van der Waals surface area contributed by atoms with Crippen molar-refractivity contribution in [2.45, 2.75) is 19.8 Å². The highest BCUT2D eigenvalue weighted by molar-refractivity contribution is 6.12. The van der Waals surface area contributed by atoms with Gasteiger partial charge in [-0.1, -0.05) is 6.07 Å². The Morgan fingerprint density at radius 3 is 2.83 bits per heavy atom. The van der Waals surface area contributed by atoms with Crippen LogP contribution in [-0.4, -0.2) is 30.3 Å². The molecule has 0 radical (unpaired) electrons. The van der Waals surface area contributed by atoms with Crippen molar-refractivity contribution in [3.63, 3.8) is 0 Å². The zero-order chi connectivity index (χ0) is 16.7. The molecule has 2 aromatic heterocycles. The monoisotopic (exact) mass is 319 g/mol. The van der Waals surface area contributed by atoms with Gasteiger partial charge in [0.15, 0.2) is 5.78 Å². The van der Waals surface area contributed by atoms with E-state index in [0.717, 1.165) is 46.5 Å². The number of aryl methyl sites for hydroxylation is 2. The van der Waals surface area contributed by atoms with E-state index in [1.54, 1.807) is 21.9 Å². The number of rotatable bonds is 2. The van der Waals surface area contributed by atoms with Crippen LogP contribution in [-0.2, 0) is 13.5 Å². The average Bonchev–Trinajstić information content (AvgIpc) is 3.21. The van der Waals surface area contributed by atoms with Gasteiger partial charge in [-0.3, -0.25) is 9.48 Å². The van der Waals surface area contributed by atoms with Crippen LogP contribution in [0.15, 0.2) is 42.6 Å². The molecule has 0 saturated heterocycles. The minimum absolute atomic E-state index is 0.0855. The Balaban J connectivity index is 1.67. The standard InChI is InChI=1S/C18H17N5O/c1-12-7-13(3-5-16(12)23-11-19-10-21-23)8-14-4-6-17-15(18(14)24)9-20-22(17)2/h3,5,7-11H,4,6H2,1-2H3. The van der Waals surface area contributed by atoms with E-state index >= 15 is 0 Å². The van der Waals surface area contributed by atoms with Crippen LogP contribution >= 0.6 is 0 Å². The third kappa shape index (κ3) is 2.36. The summed E-state index contributed by atoms with van der Waals surface area (Å²) in [6, 6.07) is 6.07. The number of ketones is 1. The minimum atomic E-state index is 0.0855. The molecule has 0 atom stereocenters. The first-order valence-electron chi connectivity index (χ1n) is 7.85. The number of allylic oxidation sites excluding steroid dienone is 1. The fourth-order valence-corrected chi connectivity index (χ4v) is 3.19. The zero-order valence-electron chi connectivity index (χ0n) is 13.6. The summed E-state index contributed by atoms with van der Waals surface area (Å²) in [5.74, 6) is 0.0855. The predicted molar refractivity (Wildman–Crippen MR) is 89.9 cm³/mol. The molecule has 1 aliphatic carbocycles. The van der Waals surface area contributed by atoms with Crippen molar-refractivity contribution in [1.29, 1.82) is 0 Å². The first-order valence-corrected chi connectivity index (χ1v) is 7.85. The van der Waals surface area contributed by atoms with Gasteiger partial charge in [0.25, 0.3) is 0 Å². The predicted octanol–water partition coefficient (Wildman–Crippen LogP) is 2.52. The Morgan fingerprint density at radius 2 is 2.08 bits per heavy atom. The summed E-state index contributed by atoms with van der Waals surface area (Å²) < 4.78 is 3.53. The number of fused-ring (bicyclic) bond motifs is 1. The van der Waals surface area contributed by atoms with Crippen LogP contribution in [0.3, 0.4) is 0 Å². The first kappa shape index (κ1) is 14.6. The van der Waals surface area contributed by atoms with E-state index in [1.807, 2.05) is 32.2 Å². The summed E-state index contributed by atoms with van der Waals surface area (Å²) in [6.07, 6.45) is 8.44. The minimum Gasteiger partial charge on any atom is -0.289 e. The van der Waals surface area contributed by atoms with E-state index in [2.05, 4.69) is 21.2 Å². The van der Waals surface area contributed by atoms with E-state index in [1.165, 1.54) is 6.33 Å². The van der Waals surface area contributed by atoms with Gasteiger partial charge >= 0.3 is 0 Å². The van der Waals surface area contributed by atoms with Crippen LogP contribution in [0.2, 0.25) is 0 Å². The number of hydrogen-bond donors (Lipinski definition) is 0. The van der Waals surface area contributed by atoms with Gasteiger partial charge < -0.3 is 0 Å². The van der Waals surface area contributed by atoms with Crippen LogP contribution in [0.25, 0.3) is 11.8 Å². The molecule has 0 fully saturated rings. The molecule has 0 unspecified atom stereocenters. The second-order valence-electron chi connectivity index (χ2n) is 6.01. The van der Waals surface area contributed by atoms with Gasteiger partial charge in [0.1, 0.15) is 12.7 Å². The van der Waals surface area contributed by atoms with Crippen molar-refractivity contribution in [2.24, 2.45) is 7.05 Å². The summed E-state index contributed by atoms with van der Waals surface area (Å²) in [7, 11) is 1.88. The Labute approximate surface area is 139 Å². The smallest absolute Gasteiger partial charge is 0.192 e. The molecule has 0 N–H and O–H groups in total. The highest BCUT2D eigenvalue weighted by Gasteiger charge is 2.24. The Bertz CT molecular complexity index is 950. The summed E-state index contributed by atoms with van der Waals surface area (Å²) in [5.41, 5.74) is 5.68. The van der Waals surface area contributed by atoms with E-state index in [0.29, 0.717) is 0 Å². The van der Waals surface area contributed by atoms with Gasteiger partial charge in [0, 0.05) is 18.3 Å². The van der Waals surface area contributed by atoms with Crippen molar-refractivity contribution in [3.05, 3.63) is 65.0 Å². The highest BCUT2D eigenvalue weighted by Crippen LogP contribution is 2.27. The van der Waals surface area contributed by atoms with E-state index in [-0.39, 0.29) is 5.78 Å². The summed E-state index contributed by atoms with van der Waals surface area (Å²) in [5, 5.41) is 8.36. The van der Waals surface area contributed by atoms with E-state index in [9.17, 15) is 4.79 Å². The molecule has 0 aliphatic heterocycles. The van der Waals surface area contributed by atoms with Gasteiger partial charge in [0.2, 0.25) is 0 Å². The van der Waals surface area contributed by atoms with Gasteiger partial charge in [-0.2, -0.15) is 10.2 Å². The molecule has 3 aromatic rings. The lowest BCUT2D eigenvalue weighted by molar-refractivity contribution is 0.102. The lowest BCUT2D eigenvalue weighted by atomic mass is 9.90. The van der Waals surface area contributed by atoms with Crippen molar-refractivity contribution in [2.75, 3.05) is 0 Å². The molecule has 0 spiro atoms. The summed E-state index contributed by atoms with van der Waals surface area (Å²) in [6.45, 7) is 2.03. The molecular formula is C18H17N5O. The second kappa shape index (κ2) is 5.56. The molecule has 24 heavy (non-hydrogen) atoms. The van der Waals surface area contributed by atoms with Crippen LogP contribution in [0, 0.1) is 6.92 Å². The largest absolute Gasteiger partial charge is 0.289 e. The molecule has 0 bridgehead atoms. The maximum atomic E-state index is 12.6. The van der Waals surface area contributed by atoms with Crippen molar-refractivity contribution >= 4 is 11.9 Å². The van der Waals surface area contributed by atoms with Crippen LogP contribution in [0.5, 0.6) is 0 Å². The topological polar surface area (TPSA) is 65.6 Å². The van der Waals surface area contributed by atoms with Crippen LogP contribution < -0.4 is 0 Å². The summed E-state index contributed by atoms with van der Waals surface area (Å²) in [4.78, 5) is 16.6. The Kier molecular flexibility index (Phi) is 3.37.